The van der Waals surface area contributed by atoms with Crippen LogP contribution in [0.3, 0.4) is 0 Å². The second kappa shape index (κ2) is 12.1. The first-order valence-electron chi connectivity index (χ1n) is 13.2. The molecule has 1 aromatic heterocycles. The second-order valence-electron chi connectivity index (χ2n) is 9.62. The van der Waals surface area contributed by atoms with Gasteiger partial charge in [0.1, 0.15) is 5.82 Å². The quantitative estimate of drug-likeness (QED) is 0.429. The number of nitrogens with zero attached hydrogens (tertiary/aromatic N) is 4. The van der Waals surface area contributed by atoms with Crippen molar-refractivity contribution >= 4 is 11.5 Å². The molecule has 1 aliphatic rings. The van der Waals surface area contributed by atoms with Crippen LogP contribution in [0.5, 0.6) is 0 Å². The normalized spacial score (nSPS) is 15.6. The van der Waals surface area contributed by atoms with Gasteiger partial charge in [0.15, 0.2) is 0 Å². The van der Waals surface area contributed by atoms with E-state index in [1.54, 1.807) is 0 Å². The first kappa shape index (κ1) is 28.4. The Balaban J connectivity index is 1.73. The number of aromatic nitrogens is 2. The maximum atomic E-state index is 13.3. The van der Waals surface area contributed by atoms with E-state index in [1.807, 2.05) is 49.1 Å². The number of H-pyrrole nitrogens is 1. The van der Waals surface area contributed by atoms with Gasteiger partial charge in [0.25, 0.3) is 5.56 Å². The predicted octanol–water partition coefficient (Wildman–Crippen LogP) is 3.39. The number of aromatic amines is 1. The van der Waals surface area contributed by atoms with Crippen LogP contribution in [0.15, 0.2) is 64.2 Å². The average molecular weight is 545 g/mol. The summed E-state index contributed by atoms with van der Waals surface area (Å²) in [7, 11) is 0. The summed E-state index contributed by atoms with van der Waals surface area (Å²) in [6.45, 7) is 8.84. The molecule has 0 saturated carbocycles. The summed E-state index contributed by atoms with van der Waals surface area (Å²) in [5, 5.41) is 0. The fraction of sp³-hybridized carbons (Fsp3) is 0.429. The molecule has 39 heavy (non-hydrogen) atoms. The molecule has 3 aromatic rings. The number of alkyl halides is 3. The molecule has 4 rings (SSSR count). The highest BCUT2D eigenvalue weighted by Crippen LogP contribution is 2.34. The lowest BCUT2D eigenvalue weighted by atomic mass is 9.96. The van der Waals surface area contributed by atoms with Crippen LogP contribution in [0, 0.1) is 0 Å². The van der Waals surface area contributed by atoms with Crippen molar-refractivity contribution in [2.75, 3.05) is 56.4 Å². The van der Waals surface area contributed by atoms with E-state index in [2.05, 4.69) is 14.8 Å². The number of nitrogen functional groups attached to an aromatic ring is 1. The van der Waals surface area contributed by atoms with Crippen LogP contribution in [-0.4, -0.2) is 65.2 Å². The molecule has 2 aromatic carbocycles. The number of nitrogens with one attached hydrogen (secondary N) is 1. The molecule has 0 radical (unpaired) electrons. The molecule has 1 fully saturated rings. The van der Waals surface area contributed by atoms with Gasteiger partial charge in [-0.05, 0) is 42.9 Å². The van der Waals surface area contributed by atoms with Crippen molar-refractivity contribution in [3.05, 3.63) is 92.1 Å². The van der Waals surface area contributed by atoms with Crippen LogP contribution in [-0.2, 0) is 12.7 Å². The lowest BCUT2D eigenvalue weighted by molar-refractivity contribution is -0.137. The molecule has 2 heterocycles. The van der Waals surface area contributed by atoms with E-state index in [0.717, 1.165) is 30.9 Å². The molecule has 210 valence electrons. The third-order valence-corrected chi connectivity index (χ3v) is 7.44. The Morgan fingerprint density at radius 2 is 1.56 bits per heavy atom. The predicted molar refractivity (Wildman–Crippen MR) is 147 cm³/mol. The number of benzene rings is 2. The third kappa shape index (κ3) is 6.36. The molecule has 0 bridgehead atoms. The number of halogens is 3. The van der Waals surface area contributed by atoms with Gasteiger partial charge in [-0.25, -0.2) is 4.79 Å². The summed E-state index contributed by atoms with van der Waals surface area (Å²) in [5.41, 5.74) is 6.26. The minimum Gasteiger partial charge on any atom is -0.385 e. The fourth-order valence-electron chi connectivity index (χ4n) is 5.16. The number of nitrogens with two attached hydrogens (primary N) is 1. The zero-order valence-electron chi connectivity index (χ0n) is 22.2. The van der Waals surface area contributed by atoms with Gasteiger partial charge < -0.3 is 15.5 Å². The molecule has 11 heteroatoms. The van der Waals surface area contributed by atoms with Crippen molar-refractivity contribution < 1.29 is 13.2 Å². The lowest BCUT2D eigenvalue weighted by Crippen LogP contribution is -2.49. The highest BCUT2D eigenvalue weighted by atomic mass is 19.4. The van der Waals surface area contributed by atoms with E-state index < -0.39 is 29.0 Å². The first-order chi connectivity index (χ1) is 18.6. The van der Waals surface area contributed by atoms with Crippen LogP contribution in [0.4, 0.5) is 24.7 Å². The monoisotopic (exact) mass is 544 g/mol. The molecule has 0 aliphatic carbocycles. The molecule has 8 nitrogen and oxygen atoms in total. The van der Waals surface area contributed by atoms with Crippen LogP contribution < -0.4 is 21.9 Å². The van der Waals surface area contributed by atoms with Crippen molar-refractivity contribution in [1.82, 2.24) is 19.4 Å². The minimum absolute atomic E-state index is 0.0336. The highest BCUT2D eigenvalue weighted by molar-refractivity contribution is 5.48. The summed E-state index contributed by atoms with van der Waals surface area (Å²) in [6, 6.07) is 14.0. The van der Waals surface area contributed by atoms with Gasteiger partial charge in [0, 0.05) is 45.0 Å². The zero-order valence-corrected chi connectivity index (χ0v) is 22.2. The lowest BCUT2D eigenvalue weighted by Gasteiger charge is -2.40. The molecule has 0 unspecified atom stereocenters. The van der Waals surface area contributed by atoms with E-state index in [4.69, 9.17) is 5.73 Å². The standard InChI is InChI=1S/C28H35F3N6O2/c1-3-34(4-2)14-19-37-25(32)23(26(38)33-27(37)39)24(20-10-12-21(13-11-20)28(29,30)31)36-17-15-35(16-18-36)22-8-6-5-7-9-22/h5-13,24H,3-4,14-19,32H2,1-2H3,(H,33,38,39)/t24-/m1/s1. The van der Waals surface area contributed by atoms with Gasteiger partial charge >= 0.3 is 11.9 Å². The fourth-order valence-corrected chi connectivity index (χ4v) is 5.16. The summed E-state index contributed by atoms with van der Waals surface area (Å²) in [4.78, 5) is 34.8. The van der Waals surface area contributed by atoms with Crippen LogP contribution in [0.1, 0.15) is 36.6 Å². The molecule has 3 N–H and O–H groups in total. The Kier molecular flexibility index (Phi) is 8.81. The number of para-hydroxylation sites is 1. The Labute approximate surface area is 225 Å². The zero-order chi connectivity index (χ0) is 28.2. The van der Waals surface area contributed by atoms with E-state index in [1.165, 1.54) is 16.7 Å². The topological polar surface area (TPSA) is 90.6 Å². The molecule has 1 aliphatic heterocycles. The largest absolute Gasteiger partial charge is 0.416 e. The van der Waals surface area contributed by atoms with Gasteiger partial charge in [-0.3, -0.25) is 19.2 Å². The molecular formula is C28H35F3N6O2. The Morgan fingerprint density at radius 3 is 2.13 bits per heavy atom. The third-order valence-electron chi connectivity index (χ3n) is 7.44. The number of anilines is 2. The van der Waals surface area contributed by atoms with E-state index in [9.17, 15) is 22.8 Å². The number of rotatable bonds is 9. The number of piperazine rings is 1. The molecule has 1 atom stereocenters. The smallest absolute Gasteiger partial charge is 0.385 e. The van der Waals surface area contributed by atoms with E-state index in [0.29, 0.717) is 38.3 Å². The Hall–Kier alpha value is -3.57. The summed E-state index contributed by atoms with van der Waals surface area (Å²) < 4.78 is 41.3. The van der Waals surface area contributed by atoms with Crippen molar-refractivity contribution in [3.8, 4) is 0 Å². The first-order valence-corrected chi connectivity index (χ1v) is 13.2. The summed E-state index contributed by atoms with van der Waals surface area (Å²) >= 11 is 0. The van der Waals surface area contributed by atoms with Gasteiger partial charge in [0.05, 0.1) is 17.2 Å². The van der Waals surface area contributed by atoms with Gasteiger partial charge in [-0.15, -0.1) is 0 Å². The van der Waals surface area contributed by atoms with Crippen molar-refractivity contribution in [2.45, 2.75) is 32.6 Å². The SMILES string of the molecule is CCN(CC)CCn1c(N)c([C@@H](c2ccc(C(F)(F)F)cc2)N2CCN(c3ccccc3)CC2)c(=O)[nH]c1=O. The van der Waals surface area contributed by atoms with E-state index >= 15 is 0 Å². The summed E-state index contributed by atoms with van der Waals surface area (Å²) in [5.74, 6) is 0.0336. The van der Waals surface area contributed by atoms with Gasteiger partial charge in [-0.2, -0.15) is 13.2 Å². The molecule has 0 spiro atoms. The van der Waals surface area contributed by atoms with Crippen molar-refractivity contribution in [2.24, 2.45) is 0 Å². The Bertz CT molecular complexity index is 1340. The average Bonchev–Trinajstić information content (AvgIpc) is 2.93. The molecule has 1 saturated heterocycles. The Morgan fingerprint density at radius 1 is 0.949 bits per heavy atom. The number of likely N-dealkylation sites (N-methyl/N-ethyl adjacent to an activating group) is 1. The number of hydrogen-bond acceptors (Lipinski definition) is 6. The maximum Gasteiger partial charge on any atom is 0.416 e. The molecule has 0 amide bonds. The highest BCUT2D eigenvalue weighted by Gasteiger charge is 2.34. The van der Waals surface area contributed by atoms with Crippen molar-refractivity contribution in [3.63, 3.8) is 0 Å². The second-order valence-corrected chi connectivity index (χ2v) is 9.62. The van der Waals surface area contributed by atoms with Crippen LogP contribution >= 0.6 is 0 Å². The molecular weight excluding hydrogens is 509 g/mol. The summed E-state index contributed by atoms with van der Waals surface area (Å²) in [6.07, 6.45) is -4.48. The van der Waals surface area contributed by atoms with Gasteiger partial charge in [0.2, 0.25) is 0 Å². The minimum atomic E-state index is -4.48. The van der Waals surface area contributed by atoms with Crippen LogP contribution in [0.25, 0.3) is 0 Å². The van der Waals surface area contributed by atoms with Crippen LogP contribution in [0.2, 0.25) is 0 Å². The number of hydrogen-bond donors (Lipinski definition) is 2. The van der Waals surface area contributed by atoms with Crippen molar-refractivity contribution in [1.29, 1.82) is 0 Å². The van der Waals surface area contributed by atoms with E-state index in [-0.39, 0.29) is 17.9 Å². The maximum absolute atomic E-state index is 13.3. The van der Waals surface area contributed by atoms with Gasteiger partial charge in [-0.1, -0.05) is 44.2 Å².